The molecule has 6 heteroatoms. The second-order valence-electron chi connectivity index (χ2n) is 6.18. The highest BCUT2D eigenvalue weighted by molar-refractivity contribution is 5.61. The van der Waals surface area contributed by atoms with Gasteiger partial charge in [-0.05, 0) is 19.4 Å². The van der Waals surface area contributed by atoms with Gasteiger partial charge in [0.15, 0.2) is 5.82 Å². The molecule has 1 aromatic carbocycles. The SMILES string of the molecule is CCn1cnc(Cn2ccnc2-c2cnc(-c3ccccc3C)nc2)c1. The van der Waals surface area contributed by atoms with Gasteiger partial charge in [0, 0.05) is 43.1 Å². The largest absolute Gasteiger partial charge is 0.337 e. The van der Waals surface area contributed by atoms with Crippen LogP contribution in [0.1, 0.15) is 18.2 Å². The van der Waals surface area contributed by atoms with E-state index in [0.717, 1.165) is 40.6 Å². The minimum atomic E-state index is 0.669. The van der Waals surface area contributed by atoms with Crippen LogP contribution in [0.2, 0.25) is 0 Å². The molecule has 0 amide bonds. The summed E-state index contributed by atoms with van der Waals surface area (Å²) in [7, 11) is 0. The van der Waals surface area contributed by atoms with Gasteiger partial charge in [-0.15, -0.1) is 0 Å². The van der Waals surface area contributed by atoms with Gasteiger partial charge in [-0.2, -0.15) is 0 Å². The van der Waals surface area contributed by atoms with Gasteiger partial charge in [0.05, 0.1) is 24.1 Å². The maximum Gasteiger partial charge on any atom is 0.159 e. The summed E-state index contributed by atoms with van der Waals surface area (Å²) < 4.78 is 4.13. The Balaban J connectivity index is 1.61. The molecule has 0 aliphatic rings. The molecule has 3 aromatic heterocycles. The second-order valence-corrected chi connectivity index (χ2v) is 6.18. The van der Waals surface area contributed by atoms with E-state index >= 15 is 0 Å². The lowest BCUT2D eigenvalue weighted by Crippen LogP contribution is -2.02. The highest BCUT2D eigenvalue weighted by Crippen LogP contribution is 2.22. The van der Waals surface area contributed by atoms with Gasteiger partial charge in [0.1, 0.15) is 5.82 Å². The Morgan fingerprint density at radius 2 is 1.81 bits per heavy atom. The molecule has 130 valence electrons. The fourth-order valence-electron chi connectivity index (χ4n) is 2.94. The van der Waals surface area contributed by atoms with Crippen molar-refractivity contribution < 1.29 is 0 Å². The average Bonchev–Trinajstić information content (AvgIpc) is 3.32. The molecule has 6 nitrogen and oxygen atoms in total. The number of hydrogen-bond acceptors (Lipinski definition) is 4. The van der Waals surface area contributed by atoms with Crippen molar-refractivity contribution in [3.8, 4) is 22.8 Å². The van der Waals surface area contributed by atoms with Gasteiger partial charge in [-0.3, -0.25) is 0 Å². The summed E-state index contributed by atoms with van der Waals surface area (Å²) in [6.07, 6.45) is 11.3. The topological polar surface area (TPSA) is 61.4 Å². The third-order valence-corrected chi connectivity index (χ3v) is 4.40. The van der Waals surface area contributed by atoms with Crippen LogP contribution in [0.15, 0.2) is 61.6 Å². The number of aryl methyl sites for hydroxylation is 2. The minimum absolute atomic E-state index is 0.669. The van der Waals surface area contributed by atoms with Crippen LogP contribution in [0.4, 0.5) is 0 Å². The van der Waals surface area contributed by atoms with Crippen molar-refractivity contribution in [2.45, 2.75) is 26.9 Å². The van der Waals surface area contributed by atoms with Crippen LogP contribution in [0, 0.1) is 6.92 Å². The van der Waals surface area contributed by atoms with Crippen LogP contribution in [-0.2, 0) is 13.1 Å². The van der Waals surface area contributed by atoms with Crippen molar-refractivity contribution in [3.05, 3.63) is 72.8 Å². The molecule has 0 saturated carbocycles. The Hall–Kier alpha value is -3.28. The van der Waals surface area contributed by atoms with Crippen LogP contribution in [-0.4, -0.2) is 29.1 Å². The van der Waals surface area contributed by atoms with Crippen molar-refractivity contribution >= 4 is 0 Å². The summed E-state index contributed by atoms with van der Waals surface area (Å²) in [5, 5.41) is 0. The van der Waals surface area contributed by atoms with Gasteiger partial charge in [-0.1, -0.05) is 24.3 Å². The van der Waals surface area contributed by atoms with Gasteiger partial charge >= 0.3 is 0 Å². The predicted molar refractivity (Wildman–Crippen MR) is 100 cm³/mol. The lowest BCUT2D eigenvalue weighted by molar-refractivity contribution is 0.754. The van der Waals surface area contributed by atoms with Crippen LogP contribution >= 0.6 is 0 Å². The summed E-state index contributed by atoms with van der Waals surface area (Å²) in [6.45, 7) is 5.75. The molecule has 0 saturated heterocycles. The van der Waals surface area contributed by atoms with Gasteiger partial charge < -0.3 is 9.13 Å². The fourth-order valence-corrected chi connectivity index (χ4v) is 2.94. The zero-order valence-corrected chi connectivity index (χ0v) is 14.9. The quantitative estimate of drug-likeness (QED) is 0.555. The van der Waals surface area contributed by atoms with Gasteiger partial charge in [-0.25, -0.2) is 19.9 Å². The Morgan fingerprint density at radius 3 is 2.54 bits per heavy atom. The predicted octanol–water partition coefficient (Wildman–Crippen LogP) is 3.58. The molecule has 0 atom stereocenters. The Bertz CT molecular complexity index is 1010. The number of hydrogen-bond donors (Lipinski definition) is 0. The fraction of sp³-hybridized carbons (Fsp3) is 0.200. The lowest BCUT2D eigenvalue weighted by atomic mass is 10.1. The second kappa shape index (κ2) is 6.92. The van der Waals surface area contributed by atoms with Crippen LogP contribution in [0.3, 0.4) is 0 Å². The minimum Gasteiger partial charge on any atom is -0.337 e. The number of rotatable bonds is 5. The summed E-state index contributed by atoms with van der Waals surface area (Å²) in [4.78, 5) is 18.0. The van der Waals surface area contributed by atoms with E-state index in [4.69, 9.17) is 0 Å². The summed E-state index contributed by atoms with van der Waals surface area (Å²) in [5.74, 6) is 1.57. The third kappa shape index (κ3) is 3.13. The monoisotopic (exact) mass is 344 g/mol. The number of aromatic nitrogens is 6. The van der Waals surface area contributed by atoms with E-state index in [2.05, 4.69) is 55.2 Å². The molecule has 26 heavy (non-hydrogen) atoms. The molecule has 0 fully saturated rings. The first-order chi connectivity index (χ1) is 12.7. The van der Waals surface area contributed by atoms with E-state index in [1.54, 1.807) is 6.20 Å². The molecule has 0 spiro atoms. The van der Waals surface area contributed by atoms with Crippen molar-refractivity contribution in [2.75, 3.05) is 0 Å². The van der Waals surface area contributed by atoms with E-state index in [0.29, 0.717) is 6.54 Å². The van der Waals surface area contributed by atoms with E-state index in [1.165, 1.54) is 0 Å². The molecular formula is C20H20N6. The van der Waals surface area contributed by atoms with Gasteiger partial charge in [0.25, 0.3) is 0 Å². The zero-order valence-electron chi connectivity index (χ0n) is 14.9. The zero-order chi connectivity index (χ0) is 17.9. The number of nitrogens with zero attached hydrogens (tertiary/aromatic N) is 6. The van der Waals surface area contributed by atoms with Crippen LogP contribution in [0.5, 0.6) is 0 Å². The van der Waals surface area contributed by atoms with E-state index in [-0.39, 0.29) is 0 Å². The van der Waals surface area contributed by atoms with Crippen molar-refractivity contribution in [1.29, 1.82) is 0 Å². The first kappa shape index (κ1) is 16.2. The third-order valence-electron chi connectivity index (χ3n) is 4.40. The molecule has 0 bridgehead atoms. The van der Waals surface area contributed by atoms with Crippen molar-refractivity contribution in [2.24, 2.45) is 0 Å². The molecule has 0 radical (unpaired) electrons. The maximum absolute atomic E-state index is 4.55. The molecule has 4 aromatic rings. The van der Waals surface area contributed by atoms with Crippen LogP contribution < -0.4 is 0 Å². The van der Waals surface area contributed by atoms with Crippen molar-refractivity contribution in [3.63, 3.8) is 0 Å². The number of imidazole rings is 2. The molecule has 0 unspecified atom stereocenters. The number of benzene rings is 1. The molecule has 4 rings (SSSR count). The Labute approximate surface area is 152 Å². The summed E-state index contributed by atoms with van der Waals surface area (Å²) in [5.41, 5.74) is 4.10. The lowest BCUT2D eigenvalue weighted by Gasteiger charge is -2.07. The summed E-state index contributed by atoms with van der Waals surface area (Å²) >= 11 is 0. The van der Waals surface area contributed by atoms with Crippen molar-refractivity contribution in [1.82, 2.24) is 29.1 Å². The average molecular weight is 344 g/mol. The maximum atomic E-state index is 4.55. The molecule has 0 aliphatic carbocycles. The first-order valence-electron chi connectivity index (χ1n) is 8.65. The highest BCUT2D eigenvalue weighted by Gasteiger charge is 2.10. The Morgan fingerprint density at radius 1 is 1.00 bits per heavy atom. The molecule has 0 N–H and O–H groups in total. The highest BCUT2D eigenvalue weighted by atomic mass is 15.1. The van der Waals surface area contributed by atoms with E-state index in [1.807, 2.05) is 43.1 Å². The normalized spacial score (nSPS) is 11.0. The molecule has 0 aliphatic heterocycles. The van der Waals surface area contributed by atoms with Gasteiger partial charge in [0.2, 0.25) is 0 Å². The van der Waals surface area contributed by atoms with E-state index < -0.39 is 0 Å². The smallest absolute Gasteiger partial charge is 0.159 e. The van der Waals surface area contributed by atoms with E-state index in [9.17, 15) is 0 Å². The molecular weight excluding hydrogens is 324 g/mol. The van der Waals surface area contributed by atoms with Crippen LogP contribution in [0.25, 0.3) is 22.8 Å². The Kier molecular flexibility index (Phi) is 4.31. The first-order valence-corrected chi connectivity index (χ1v) is 8.65. The molecule has 3 heterocycles. The summed E-state index contributed by atoms with van der Waals surface area (Å²) in [6, 6.07) is 8.12. The standard InChI is InChI=1S/C20H20N6/c1-3-25-12-17(24-14-25)13-26-9-8-21-20(26)16-10-22-19(23-11-16)18-7-5-4-6-15(18)2/h4-12,14H,3,13H2,1-2H3.